The van der Waals surface area contributed by atoms with Crippen LogP contribution in [0.1, 0.15) is 21.7 Å². The number of rotatable bonds is 3. The Morgan fingerprint density at radius 2 is 2.06 bits per heavy atom. The highest BCUT2D eigenvalue weighted by Crippen LogP contribution is 2.14. The number of benzene rings is 1. The molecule has 1 aromatic heterocycles. The molecule has 0 aliphatic rings. The lowest BCUT2D eigenvalue weighted by atomic mass is 10.1. The Balaban J connectivity index is 2.08. The maximum absolute atomic E-state index is 11.8. The summed E-state index contributed by atoms with van der Waals surface area (Å²) in [5.74, 6) is 0.0432. The van der Waals surface area contributed by atoms with Gasteiger partial charge in [-0.1, -0.05) is 12.1 Å². The zero-order chi connectivity index (χ0) is 13.0. The minimum atomic E-state index is -0.273. The van der Waals surface area contributed by atoms with Crippen LogP contribution in [-0.4, -0.2) is 5.91 Å². The number of nitriles is 1. The van der Waals surface area contributed by atoms with Gasteiger partial charge in [-0.2, -0.15) is 5.26 Å². The Morgan fingerprint density at radius 1 is 1.33 bits per heavy atom. The second-order valence-electron chi connectivity index (χ2n) is 3.92. The third kappa shape index (κ3) is 2.58. The summed E-state index contributed by atoms with van der Waals surface area (Å²) in [5, 5.41) is 11.3. The van der Waals surface area contributed by atoms with E-state index in [1.165, 1.54) is 6.26 Å². The highest BCUT2D eigenvalue weighted by molar-refractivity contribution is 6.03. The molecule has 0 radical (unpaired) electrons. The van der Waals surface area contributed by atoms with E-state index in [1.54, 1.807) is 18.2 Å². The third-order valence-electron chi connectivity index (χ3n) is 2.56. The average molecular weight is 240 g/mol. The maximum atomic E-state index is 11.8. The smallest absolute Gasteiger partial charge is 0.291 e. The van der Waals surface area contributed by atoms with Gasteiger partial charge in [-0.15, -0.1) is 0 Å². The highest BCUT2D eigenvalue weighted by Gasteiger charge is 2.12. The number of nitrogens with one attached hydrogen (secondary N) is 1. The molecule has 90 valence electrons. The summed E-state index contributed by atoms with van der Waals surface area (Å²) in [4.78, 5) is 11.8. The highest BCUT2D eigenvalue weighted by atomic mass is 16.3. The van der Waals surface area contributed by atoms with Crippen molar-refractivity contribution in [3.63, 3.8) is 0 Å². The van der Waals surface area contributed by atoms with Gasteiger partial charge in [-0.3, -0.25) is 4.79 Å². The van der Waals surface area contributed by atoms with E-state index in [2.05, 4.69) is 11.4 Å². The van der Waals surface area contributed by atoms with Gasteiger partial charge in [-0.05, 0) is 30.7 Å². The standard InChI is InChI=1S/C14H12N2O2/c1-10-7-9-18-13(10)14(17)16-12-4-2-11(3-5-12)6-8-15/h2-5,7,9H,6H2,1H3,(H,16,17). The van der Waals surface area contributed by atoms with Gasteiger partial charge in [0.2, 0.25) is 0 Å². The summed E-state index contributed by atoms with van der Waals surface area (Å²) in [7, 11) is 0. The fourth-order valence-corrected chi connectivity index (χ4v) is 1.59. The number of amides is 1. The molecule has 0 atom stereocenters. The Kier molecular flexibility index (Phi) is 3.44. The van der Waals surface area contributed by atoms with Gasteiger partial charge in [0, 0.05) is 11.3 Å². The molecule has 18 heavy (non-hydrogen) atoms. The van der Waals surface area contributed by atoms with Crippen molar-refractivity contribution in [3.05, 3.63) is 53.5 Å². The van der Waals surface area contributed by atoms with Crippen molar-refractivity contribution in [1.82, 2.24) is 0 Å². The fourth-order valence-electron chi connectivity index (χ4n) is 1.59. The number of furan rings is 1. The van der Waals surface area contributed by atoms with Crippen molar-refractivity contribution in [1.29, 1.82) is 5.26 Å². The van der Waals surface area contributed by atoms with Crippen LogP contribution in [0.25, 0.3) is 0 Å². The van der Waals surface area contributed by atoms with Crippen molar-refractivity contribution in [2.45, 2.75) is 13.3 Å². The van der Waals surface area contributed by atoms with Crippen LogP contribution in [0.3, 0.4) is 0 Å². The molecule has 0 fully saturated rings. The number of nitrogens with zero attached hydrogens (tertiary/aromatic N) is 1. The average Bonchev–Trinajstić information content (AvgIpc) is 2.78. The number of anilines is 1. The SMILES string of the molecule is Cc1ccoc1C(=O)Nc1ccc(CC#N)cc1. The zero-order valence-corrected chi connectivity index (χ0v) is 9.93. The van der Waals surface area contributed by atoms with Crippen molar-refractivity contribution >= 4 is 11.6 Å². The summed E-state index contributed by atoms with van der Waals surface area (Å²) >= 11 is 0. The molecule has 0 aliphatic carbocycles. The lowest BCUT2D eigenvalue weighted by Crippen LogP contribution is -2.11. The van der Waals surface area contributed by atoms with E-state index in [9.17, 15) is 4.79 Å². The van der Waals surface area contributed by atoms with Crippen molar-refractivity contribution in [3.8, 4) is 6.07 Å². The number of carbonyl (C=O) groups is 1. The number of hydrogen-bond acceptors (Lipinski definition) is 3. The fraction of sp³-hybridized carbons (Fsp3) is 0.143. The van der Waals surface area contributed by atoms with Crippen LogP contribution in [-0.2, 0) is 6.42 Å². The van der Waals surface area contributed by atoms with Crippen LogP contribution < -0.4 is 5.32 Å². The van der Waals surface area contributed by atoms with Crippen LogP contribution in [0, 0.1) is 18.3 Å². The van der Waals surface area contributed by atoms with E-state index in [1.807, 2.05) is 19.1 Å². The van der Waals surface area contributed by atoms with Crippen molar-refractivity contribution in [2.75, 3.05) is 5.32 Å². The predicted molar refractivity (Wildman–Crippen MR) is 67.2 cm³/mol. The molecule has 0 spiro atoms. The van der Waals surface area contributed by atoms with E-state index >= 15 is 0 Å². The predicted octanol–water partition coefficient (Wildman–Crippen LogP) is 2.91. The van der Waals surface area contributed by atoms with Crippen LogP contribution >= 0.6 is 0 Å². The van der Waals surface area contributed by atoms with Crippen molar-refractivity contribution < 1.29 is 9.21 Å². The Bertz CT molecular complexity index is 591. The second-order valence-corrected chi connectivity index (χ2v) is 3.92. The van der Waals surface area contributed by atoms with E-state index in [0.717, 1.165) is 11.1 Å². The maximum Gasteiger partial charge on any atom is 0.291 e. The Morgan fingerprint density at radius 3 is 2.61 bits per heavy atom. The van der Waals surface area contributed by atoms with Crippen LogP contribution in [0.5, 0.6) is 0 Å². The minimum Gasteiger partial charge on any atom is -0.459 e. The van der Waals surface area contributed by atoms with Gasteiger partial charge in [0.15, 0.2) is 5.76 Å². The van der Waals surface area contributed by atoms with Crippen molar-refractivity contribution in [2.24, 2.45) is 0 Å². The Labute approximate surface area is 105 Å². The summed E-state index contributed by atoms with van der Waals surface area (Å²) in [6, 6.07) is 11.0. The molecule has 1 amide bonds. The topological polar surface area (TPSA) is 66.0 Å². The second kappa shape index (κ2) is 5.19. The quantitative estimate of drug-likeness (QED) is 0.896. The van der Waals surface area contributed by atoms with Crippen LogP contribution in [0.4, 0.5) is 5.69 Å². The minimum absolute atomic E-state index is 0.273. The molecule has 0 aliphatic heterocycles. The number of carbonyl (C=O) groups excluding carboxylic acids is 1. The van der Waals surface area contributed by atoms with E-state index in [-0.39, 0.29) is 5.91 Å². The van der Waals surface area contributed by atoms with E-state index in [4.69, 9.17) is 9.68 Å². The molecule has 4 nitrogen and oxygen atoms in total. The van der Waals surface area contributed by atoms with Crippen LogP contribution in [0.2, 0.25) is 0 Å². The number of aryl methyl sites for hydroxylation is 1. The Hall–Kier alpha value is -2.54. The molecule has 1 N–H and O–H groups in total. The third-order valence-corrected chi connectivity index (χ3v) is 2.56. The lowest BCUT2D eigenvalue weighted by Gasteiger charge is -2.04. The zero-order valence-electron chi connectivity index (χ0n) is 9.93. The van der Waals surface area contributed by atoms with Gasteiger partial charge in [-0.25, -0.2) is 0 Å². The summed E-state index contributed by atoms with van der Waals surface area (Å²) in [5.41, 5.74) is 2.40. The van der Waals surface area contributed by atoms with Crippen LogP contribution in [0.15, 0.2) is 41.0 Å². The van der Waals surface area contributed by atoms with E-state index < -0.39 is 0 Å². The first kappa shape index (κ1) is 11.9. The molecule has 0 saturated heterocycles. The number of hydrogen-bond donors (Lipinski definition) is 1. The summed E-state index contributed by atoms with van der Waals surface area (Å²) < 4.78 is 5.11. The van der Waals surface area contributed by atoms with Gasteiger partial charge in [0.05, 0.1) is 18.8 Å². The van der Waals surface area contributed by atoms with Gasteiger partial charge < -0.3 is 9.73 Å². The molecular weight excluding hydrogens is 228 g/mol. The lowest BCUT2D eigenvalue weighted by molar-refractivity contribution is 0.0996. The molecular formula is C14H12N2O2. The summed E-state index contributed by atoms with van der Waals surface area (Å²) in [6.07, 6.45) is 1.85. The van der Waals surface area contributed by atoms with Gasteiger partial charge >= 0.3 is 0 Å². The molecule has 1 heterocycles. The first-order chi connectivity index (χ1) is 8.70. The van der Waals surface area contributed by atoms with Gasteiger partial charge in [0.1, 0.15) is 0 Å². The first-order valence-electron chi connectivity index (χ1n) is 5.52. The van der Waals surface area contributed by atoms with E-state index in [0.29, 0.717) is 17.9 Å². The molecule has 0 unspecified atom stereocenters. The summed E-state index contributed by atoms with van der Waals surface area (Å²) in [6.45, 7) is 1.81. The van der Waals surface area contributed by atoms with Gasteiger partial charge in [0.25, 0.3) is 5.91 Å². The molecule has 0 bridgehead atoms. The molecule has 1 aromatic carbocycles. The molecule has 2 aromatic rings. The monoisotopic (exact) mass is 240 g/mol. The molecule has 2 rings (SSSR count). The molecule has 4 heteroatoms. The normalized spacial score (nSPS) is 9.78. The largest absolute Gasteiger partial charge is 0.459 e. The molecule has 0 saturated carbocycles. The first-order valence-corrected chi connectivity index (χ1v) is 5.52.